The average Bonchev–Trinajstić information content (AvgIpc) is 2.87. The largest absolute Gasteiger partial charge is 0.636 e. The summed E-state index contributed by atoms with van der Waals surface area (Å²) in [5.74, 6) is 0.335. The summed E-state index contributed by atoms with van der Waals surface area (Å²) in [5, 5.41) is 11.7. The van der Waals surface area contributed by atoms with Gasteiger partial charge < -0.3 is 29.2 Å². The van der Waals surface area contributed by atoms with Crippen molar-refractivity contribution < 1.29 is 33.5 Å². The molecule has 0 aromatic heterocycles. The van der Waals surface area contributed by atoms with Gasteiger partial charge in [-0.15, -0.1) is 0 Å². The zero-order valence-corrected chi connectivity index (χ0v) is 22.3. The standard InChI is InChI=1S/C29H34BNO7/c1-20-15-27(35-14-6-13-32)16-21(2)29(20)24-8-5-7-23(17-24)19-36-26-11-9-25(10-12-26)30(37-22(3)33)38-28(34)18-31-4/h5,7-12,15-17,31-32H,6,13-14,18-19H2,1-4H3. The molecule has 0 saturated heterocycles. The third kappa shape index (κ3) is 8.36. The average molecular weight is 519 g/mol. The van der Waals surface area contributed by atoms with Crippen molar-refractivity contribution in [3.63, 3.8) is 0 Å². The monoisotopic (exact) mass is 519 g/mol. The molecular formula is C29H34BNO7. The van der Waals surface area contributed by atoms with Gasteiger partial charge in [0.2, 0.25) is 0 Å². The summed E-state index contributed by atoms with van der Waals surface area (Å²) in [6.07, 6.45) is 0.599. The molecule has 3 aromatic carbocycles. The van der Waals surface area contributed by atoms with Crippen LogP contribution in [-0.2, 0) is 25.5 Å². The second-order valence-corrected chi connectivity index (χ2v) is 8.88. The number of ether oxygens (including phenoxy) is 2. The van der Waals surface area contributed by atoms with Crippen LogP contribution in [0.2, 0.25) is 0 Å². The lowest BCUT2D eigenvalue weighted by Crippen LogP contribution is -2.41. The Morgan fingerprint density at radius 2 is 1.63 bits per heavy atom. The van der Waals surface area contributed by atoms with E-state index in [9.17, 15) is 9.59 Å². The van der Waals surface area contributed by atoms with E-state index in [2.05, 4.69) is 31.3 Å². The van der Waals surface area contributed by atoms with Gasteiger partial charge in [0.1, 0.15) is 18.1 Å². The molecule has 0 aliphatic carbocycles. The second-order valence-electron chi connectivity index (χ2n) is 8.88. The highest BCUT2D eigenvalue weighted by Gasteiger charge is 2.29. The van der Waals surface area contributed by atoms with Gasteiger partial charge in [-0.3, -0.25) is 9.59 Å². The topological polar surface area (TPSA) is 103 Å². The van der Waals surface area contributed by atoms with Gasteiger partial charge in [0, 0.05) is 25.4 Å². The lowest BCUT2D eigenvalue weighted by Gasteiger charge is -2.15. The van der Waals surface area contributed by atoms with Crippen LogP contribution in [-0.4, -0.2) is 51.0 Å². The smallest absolute Gasteiger partial charge is 0.495 e. The molecule has 0 atom stereocenters. The number of aryl methyl sites for hydroxylation is 2. The van der Waals surface area contributed by atoms with Gasteiger partial charge in [0.05, 0.1) is 13.2 Å². The van der Waals surface area contributed by atoms with Crippen molar-refractivity contribution in [2.24, 2.45) is 0 Å². The van der Waals surface area contributed by atoms with Crippen LogP contribution in [0.25, 0.3) is 11.1 Å². The highest BCUT2D eigenvalue weighted by Crippen LogP contribution is 2.31. The van der Waals surface area contributed by atoms with Crippen LogP contribution in [0.1, 0.15) is 30.0 Å². The van der Waals surface area contributed by atoms with Crippen molar-refractivity contribution in [2.45, 2.75) is 33.8 Å². The zero-order valence-electron chi connectivity index (χ0n) is 22.3. The third-order valence-corrected chi connectivity index (χ3v) is 5.68. The Bertz CT molecular complexity index is 1210. The minimum absolute atomic E-state index is 0.000375. The van der Waals surface area contributed by atoms with Crippen molar-refractivity contribution in [1.29, 1.82) is 0 Å². The molecule has 0 spiro atoms. The van der Waals surface area contributed by atoms with E-state index in [-0.39, 0.29) is 13.2 Å². The number of likely N-dealkylation sites (N-methyl/N-ethyl adjacent to an activating group) is 1. The Kier molecular flexibility index (Phi) is 10.8. The van der Waals surface area contributed by atoms with Crippen LogP contribution in [0.3, 0.4) is 0 Å². The summed E-state index contributed by atoms with van der Waals surface area (Å²) in [6.45, 7) is 6.33. The molecule has 200 valence electrons. The van der Waals surface area contributed by atoms with Crippen molar-refractivity contribution in [3.8, 4) is 22.6 Å². The van der Waals surface area contributed by atoms with Gasteiger partial charge in [0.15, 0.2) is 0 Å². The van der Waals surface area contributed by atoms with E-state index in [0.717, 1.165) is 33.6 Å². The molecular weight excluding hydrogens is 485 g/mol. The summed E-state index contributed by atoms with van der Waals surface area (Å²) >= 11 is 0. The Hall–Kier alpha value is -3.82. The number of aliphatic hydroxyl groups excluding tert-OH is 1. The zero-order chi connectivity index (χ0) is 27.5. The van der Waals surface area contributed by atoms with Crippen LogP contribution < -0.4 is 20.3 Å². The maximum Gasteiger partial charge on any atom is 0.636 e. The molecule has 0 amide bonds. The van der Waals surface area contributed by atoms with Crippen LogP contribution in [0, 0.1) is 13.8 Å². The van der Waals surface area contributed by atoms with E-state index in [4.69, 9.17) is 23.9 Å². The first-order chi connectivity index (χ1) is 18.3. The minimum atomic E-state index is -1.13. The number of rotatable bonds is 13. The molecule has 0 aliphatic rings. The Morgan fingerprint density at radius 1 is 0.921 bits per heavy atom. The van der Waals surface area contributed by atoms with Crippen molar-refractivity contribution in [1.82, 2.24) is 5.32 Å². The minimum Gasteiger partial charge on any atom is -0.495 e. The summed E-state index contributed by atoms with van der Waals surface area (Å²) in [7, 11) is 0.497. The quantitative estimate of drug-likeness (QED) is 0.262. The maximum atomic E-state index is 11.9. The first kappa shape index (κ1) is 28.8. The fourth-order valence-corrected chi connectivity index (χ4v) is 4.04. The predicted molar refractivity (Wildman–Crippen MR) is 146 cm³/mol. The highest BCUT2D eigenvalue weighted by molar-refractivity contribution is 6.64. The lowest BCUT2D eigenvalue weighted by molar-refractivity contribution is -0.138. The molecule has 0 fully saturated rings. The van der Waals surface area contributed by atoms with Crippen molar-refractivity contribution in [3.05, 3.63) is 77.4 Å². The maximum absolute atomic E-state index is 11.9. The van der Waals surface area contributed by atoms with Gasteiger partial charge in [-0.05, 0) is 79.0 Å². The van der Waals surface area contributed by atoms with Crippen LogP contribution in [0.4, 0.5) is 0 Å². The van der Waals surface area contributed by atoms with E-state index in [0.29, 0.717) is 30.8 Å². The Labute approximate surface area is 224 Å². The molecule has 0 heterocycles. The van der Waals surface area contributed by atoms with E-state index in [1.54, 1.807) is 31.3 Å². The van der Waals surface area contributed by atoms with Gasteiger partial charge in [-0.2, -0.15) is 0 Å². The number of aliphatic hydroxyl groups is 1. The highest BCUT2D eigenvalue weighted by atomic mass is 16.6. The summed E-state index contributed by atoms with van der Waals surface area (Å²) in [5.41, 5.74) is 5.98. The lowest BCUT2D eigenvalue weighted by atomic mass is 9.78. The molecule has 3 aromatic rings. The number of benzene rings is 3. The molecule has 0 saturated carbocycles. The summed E-state index contributed by atoms with van der Waals surface area (Å²) < 4.78 is 22.2. The first-order valence-electron chi connectivity index (χ1n) is 12.5. The fourth-order valence-electron chi connectivity index (χ4n) is 4.04. The Morgan fingerprint density at radius 3 is 2.26 bits per heavy atom. The normalized spacial score (nSPS) is 10.6. The van der Waals surface area contributed by atoms with Crippen LogP contribution in [0.15, 0.2) is 60.7 Å². The predicted octanol–water partition coefficient (Wildman–Crippen LogP) is 3.33. The van der Waals surface area contributed by atoms with Gasteiger partial charge in [0.25, 0.3) is 5.97 Å². The third-order valence-electron chi connectivity index (χ3n) is 5.68. The van der Waals surface area contributed by atoms with Gasteiger partial charge in [-0.1, -0.05) is 30.3 Å². The van der Waals surface area contributed by atoms with Crippen LogP contribution >= 0.6 is 0 Å². The SMILES string of the molecule is CNCC(=O)OB(OC(C)=O)c1ccc(OCc2cccc(-c3c(C)cc(OCCCO)cc3C)c2)cc1. The number of carbonyl (C=O) groups is 2. The van der Waals surface area contributed by atoms with E-state index < -0.39 is 19.1 Å². The number of nitrogens with one attached hydrogen (secondary N) is 1. The van der Waals surface area contributed by atoms with Gasteiger partial charge in [-0.25, -0.2) is 0 Å². The summed E-state index contributed by atoms with van der Waals surface area (Å²) in [6, 6.07) is 19.1. The number of hydrogen-bond donors (Lipinski definition) is 2. The van der Waals surface area contributed by atoms with E-state index in [1.807, 2.05) is 24.3 Å². The summed E-state index contributed by atoms with van der Waals surface area (Å²) in [4.78, 5) is 23.3. The molecule has 0 unspecified atom stereocenters. The molecule has 3 rings (SSSR count). The van der Waals surface area contributed by atoms with Gasteiger partial charge >= 0.3 is 13.1 Å². The van der Waals surface area contributed by atoms with Crippen molar-refractivity contribution in [2.75, 3.05) is 26.8 Å². The molecule has 38 heavy (non-hydrogen) atoms. The first-order valence-corrected chi connectivity index (χ1v) is 12.5. The molecule has 2 N–H and O–H groups in total. The molecule has 0 bridgehead atoms. The van der Waals surface area contributed by atoms with Crippen molar-refractivity contribution >= 4 is 24.5 Å². The van der Waals surface area contributed by atoms with Crippen LogP contribution in [0.5, 0.6) is 11.5 Å². The Balaban J connectivity index is 1.68. The fraction of sp³-hybridized carbons (Fsp3) is 0.310. The number of carbonyl (C=O) groups excluding carboxylic acids is 2. The number of hydrogen-bond acceptors (Lipinski definition) is 8. The molecule has 0 radical (unpaired) electrons. The molecule has 9 heteroatoms. The molecule has 0 aliphatic heterocycles. The van der Waals surface area contributed by atoms with E-state index >= 15 is 0 Å². The second kappa shape index (κ2) is 14.2. The molecule has 8 nitrogen and oxygen atoms in total. The van der Waals surface area contributed by atoms with E-state index in [1.165, 1.54) is 6.92 Å².